The smallest absolute Gasteiger partial charge is 0.273 e. The van der Waals surface area contributed by atoms with Crippen LogP contribution in [0, 0.1) is 0 Å². The lowest BCUT2D eigenvalue weighted by molar-refractivity contribution is 0.0946. The van der Waals surface area contributed by atoms with Gasteiger partial charge in [0.05, 0.1) is 6.20 Å². The van der Waals surface area contributed by atoms with E-state index in [1.165, 1.54) is 6.20 Å². The zero-order valence-corrected chi connectivity index (χ0v) is 9.03. The molecule has 0 bridgehead atoms. The molecule has 0 spiro atoms. The molecule has 6 heteroatoms. The Kier molecular flexibility index (Phi) is 3.16. The third-order valence-corrected chi connectivity index (χ3v) is 2.42. The van der Waals surface area contributed by atoms with Crippen LogP contribution >= 0.6 is 11.6 Å². The summed E-state index contributed by atoms with van der Waals surface area (Å²) in [6.45, 7) is 0.366. The van der Waals surface area contributed by atoms with Crippen LogP contribution in [0.2, 0.25) is 5.02 Å². The predicted octanol–water partition coefficient (Wildman–Crippen LogP) is 1.39. The molecule has 0 saturated heterocycles. The SMILES string of the molecule is O=C(NCc1ccccc1Cl)c1c[nH]nn1. The second kappa shape index (κ2) is 4.76. The topological polar surface area (TPSA) is 70.7 Å². The zero-order valence-electron chi connectivity index (χ0n) is 8.27. The van der Waals surface area contributed by atoms with E-state index in [9.17, 15) is 4.79 Å². The van der Waals surface area contributed by atoms with E-state index in [0.29, 0.717) is 11.6 Å². The number of benzene rings is 1. The van der Waals surface area contributed by atoms with Gasteiger partial charge in [0.15, 0.2) is 5.69 Å². The maximum atomic E-state index is 11.5. The molecule has 0 saturated carbocycles. The van der Waals surface area contributed by atoms with Gasteiger partial charge in [-0.05, 0) is 11.6 Å². The van der Waals surface area contributed by atoms with Gasteiger partial charge >= 0.3 is 0 Å². The van der Waals surface area contributed by atoms with Crippen LogP contribution in [0.25, 0.3) is 0 Å². The second-order valence-corrected chi connectivity index (χ2v) is 3.54. The number of hydrogen-bond donors (Lipinski definition) is 2. The summed E-state index contributed by atoms with van der Waals surface area (Å²) in [7, 11) is 0. The van der Waals surface area contributed by atoms with Crippen molar-refractivity contribution in [2.75, 3.05) is 0 Å². The highest BCUT2D eigenvalue weighted by atomic mass is 35.5. The van der Waals surface area contributed by atoms with Crippen LogP contribution in [-0.4, -0.2) is 21.3 Å². The summed E-state index contributed by atoms with van der Waals surface area (Å²) in [6.07, 6.45) is 1.43. The Morgan fingerprint density at radius 2 is 2.25 bits per heavy atom. The van der Waals surface area contributed by atoms with Crippen molar-refractivity contribution in [1.82, 2.24) is 20.7 Å². The van der Waals surface area contributed by atoms with Crippen molar-refractivity contribution < 1.29 is 4.79 Å². The molecule has 0 fully saturated rings. The molecule has 1 amide bonds. The first-order valence-electron chi connectivity index (χ1n) is 4.65. The number of halogens is 1. The molecule has 0 aliphatic rings. The first-order valence-corrected chi connectivity index (χ1v) is 5.03. The summed E-state index contributed by atoms with van der Waals surface area (Å²) >= 11 is 5.95. The van der Waals surface area contributed by atoms with Gasteiger partial charge in [-0.2, -0.15) is 0 Å². The number of amides is 1. The molecule has 16 heavy (non-hydrogen) atoms. The summed E-state index contributed by atoms with van der Waals surface area (Å²) < 4.78 is 0. The van der Waals surface area contributed by atoms with Crippen molar-refractivity contribution in [2.45, 2.75) is 6.54 Å². The quantitative estimate of drug-likeness (QED) is 0.846. The van der Waals surface area contributed by atoms with Gasteiger partial charge in [0.1, 0.15) is 0 Å². The van der Waals surface area contributed by atoms with Gasteiger partial charge in [-0.15, -0.1) is 5.10 Å². The van der Waals surface area contributed by atoms with E-state index < -0.39 is 0 Å². The normalized spacial score (nSPS) is 10.1. The molecule has 5 nitrogen and oxygen atoms in total. The number of rotatable bonds is 3. The van der Waals surface area contributed by atoms with Gasteiger partial charge in [0.2, 0.25) is 0 Å². The van der Waals surface area contributed by atoms with E-state index in [-0.39, 0.29) is 11.6 Å². The van der Waals surface area contributed by atoms with Crippen molar-refractivity contribution in [3.8, 4) is 0 Å². The van der Waals surface area contributed by atoms with Crippen LogP contribution in [0.5, 0.6) is 0 Å². The third-order valence-electron chi connectivity index (χ3n) is 2.05. The Morgan fingerprint density at radius 1 is 1.44 bits per heavy atom. The number of carbonyl (C=O) groups excluding carboxylic acids is 1. The van der Waals surface area contributed by atoms with Crippen LogP contribution in [-0.2, 0) is 6.54 Å². The van der Waals surface area contributed by atoms with E-state index >= 15 is 0 Å². The summed E-state index contributed by atoms with van der Waals surface area (Å²) in [5.41, 5.74) is 1.12. The minimum atomic E-state index is -0.284. The van der Waals surface area contributed by atoms with Crippen molar-refractivity contribution in [1.29, 1.82) is 0 Å². The average Bonchev–Trinajstić information content (AvgIpc) is 2.81. The van der Waals surface area contributed by atoms with Crippen LogP contribution in [0.4, 0.5) is 0 Å². The number of H-pyrrole nitrogens is 1. The molecule has 0 unspecified atom stereocenters. The largest absolute Gasteiger partial charge is 0.346 e. The zero-order chi connectivity index (χ0) is 11.4. The Hall–Kier alpha value is -1.88. The number of nitrogens with zero attached hydrogens (tertiary/aromatic N) is 2. The third kappa shape index (κ3) is 2.38. The van der Waals surface area contributed by atoms with Crippen LogP contribution in [0.1, 0.15) is 16.1 Å². The maximum absolute atomic E-state index is 11.5. The lowest BCUT2D eigenvalue weighted by Gasteiger charge is -2.04. The van der Waals surface area contributed by atoms with Gasteiger partial charge in [-0.3, -0.25) is 9.89 Å². The van der Waals surface area contributed by atoms with Crippen molar-refractivity contribution >= 4 is 17.5 Å². The highest BCUT2D eigenvalue weighted by Gasteiger charge is 2.08. The van der Waals surface area contributed by atoms with Crippen LogP contribution in [0.3, 0.4) is 0 Å². The first-order chi connectivity index (χ1) is 7.77. The van der Waals surface area contributed by atoms with Crippen molar-refractivity contribution in [2.24, 2.45) is 0 Å². The number of aromatic amines is 1. The standard InChI is InChI=1S/C10H9ClN4O/c11-8-4-2-1-3-7(8)5-12-10(16)9-6-13-15-14-9/h1-4,6H,5H2,(H,12,16)(H,13,14,15). The number of aromatic nitrogens is 3. The minimum Gasteiger partial charge on any atom is -0.346 e. The van der Waals surface area contributed by atoms with E-state index in [0.717, 1.165) is 5.56 Å². The molecule has 1 heterocycles. The number of carbonyl (C=O) groups is 1. The molecular formula is C10H9ClN4O. The highest BCUT2D eigenvalue weighted by molar-refractivity contribution is 6.31. The molecule has 82 valence electrons. The van der Waals surface area contributed by atoms with Gasteiger partial charge in [-0.1, -0.05) is 35.0 Å². The van der Waals surface area contributed by atoms with E-state index in [4.69, 9.17) is 11.6 Å². The van der Waals surface area contributed by atoms with E-state index in [2.05, 4.69) is 20.7 Å². The van der Waals surface area contributed by atoms with Crippen LogP contribution < -0.4 is 5.32 Å². The molecule has 1 aromatic carbocycles. The molecule has 0 atom stereocenters. The number of hydrogen-bond acceptors (Lipinski definition) is 3. The lowest BCUT2D eigenvalue weighted by atomic mass is 10.2. The molecule has 0 aliphatic heterocycles. The fourth-order valence-electron chi connectivity index (χ4n) is 1.22. The molecular weight excluding hydrogens is 228 g/mol. The molecule has 0 aliphatic carbocycles. The van der Waals surface area contributed by atoms with Crippen molar-refractivity contribution in [3.05, 3.63) is 46.7 Å². The summed E-state index contributed by atoms with van der Waals surface area (Å²) in [5, 5.41) is 12.9. The fraction of sp³-hybridized carbons (Fsp3) is 0.100. The lowest BCUT2D eigenvalue weighted by Crippen LogP contribution is -2.23. The number of nitrogens with one attached hydrogen (secondary N) is 2. The van der Waals surface area contributed by atoms with E-state index in [1.54, 1.807) is 6.07 Å². The molecule has 2 rings (SSSR count). The van der Waals surface area contributed by atoms with Crippen molar-refractivity contribution in [3.63, 3.8) is 0 Å². The highest BCUT2D eigenvalue weighted by Crippen LogP contribution is 2.14. The Balaban J connectivity index is 1.98. The predicted molar refractivity (Wildman–Crippen MR) is 59.0 cm³/mol. The molecule has 2 aromatic rings. The Bertz CT molecular complexity index is 483. The second-order valence-electron chi connectivity index (χ2n) is 3.13. The average molecular weight is 237 g/mol. The van der Waals surface area contributed by atoms with Crippen LogP contribution in [0.15, 0.2) is 30.5 Å². The fourth-order valence-corrected chi connectivity index (χ4v) is 1.42. The van der Waals surface area contributed by atoms with Gasteiger partial charge in [0.25, 0.3) is 5.91 Å². The monoisotopic (exact) mass is 236 g/mol. The van der Waals surface area contributed by atoms with E-state index in [1.807, 2.05) is 18.2 Å². The Morgan fingerprint density at radius 3 is 2.94 bits per heavy atom. The maximum Gasteiger partial charge on any atom is 0.273 e. The summed E-state index contributed by atoms with van der Waals surface area (Å²) in [6, 6.07) is 7.33. The van der Waals surface area contributed by atoms with Gasteiger partial charge < -0.3 is 5.32 Å². The first kappa shape index (κ1) is 10.6. The molecule has 0 radical (unpaired) electrons. The van der Waals surface area contributed by atoms with Gasteiger partial charge in [0, 0.05) is 11.6 Å². The molecule has 1 aromatic heterocycles. The Labute approximate surface area is 96.8 Å². The summed E-state index contributed by atoms with van der Waals surface area (Å²) in [4.78, 5) is 11.5. The summed E-state index contributed by atoms with van der Waals surface area (Å²) in [5.74, 6) is -0.284. The minimum absolute atomic E-state index is 0.257. The molecule has 2 N–H and O–H groups in total. The van der Waals surface area contributed by atoms with Gasteiger partial charge in [-0.25, -0.2) is 0 Å².